The summed E-state index contributed by atoms with van der Waals surface area (Å²) in [5, 5.41) is 2.56. The molecule has 114 valence electrons. The van der Waals surface area contributed by atoms with Gasteiger partial charge in [-0.1, -0.05) is 12.1 Å². The zero-order valence-electron chi connectivity index (χ0n) is 11.6. The van der Waals surface area contributed by atoms with Crippen LogP contribution in [0.3, 0.4) is 0 Å². The highest BCUT2D eigenvalue weighted by atomic mass is 127. The summed E-state index contributed by atoms with van der Waals surface area (Å²) in [5.41, 5.74) is 0.427. The molecule has 1 rings (SSSR count). The van der Waals surface area contributed by atoms with Gasteiger partial charge in [0, 0.05) is 16.5 Å². The van der Waals surface area contributed by atoms with E-state index in [1.807, 2.05) is 28.7 Å². The number of hydrogen-bond acceptors (Lipinski definition) is 5. The van der Waals surface area contributed by atoms with E-state index in [4.69, 9.17) is 4.74 Å². The number of nitrogens with one attached hydrogen (secondary N) is 1. The van der Waals surface area contributed by atoms with Crippen LogP contribution in [0.15, 0.2) is 24.3 Å². The minimum absolute atomic E-state index is 0.235. The lowest BCUT2D eigenvalue weighted by molar-refractivity contribution is -0.140. The van der Waals surface area contributed by atoms with Crippen molar-refractivity contribution in [3.8, 4) is 0 Å². The second-order valence-electron chi connectivity index (χ2n) is 4.09. The molecule has 7 heteroatoms. The number of halogens is 1. The van der Waals surface area contributed by atoms with E-state index in [1.54, 1.807) is 18.2 Å². The number of amides is 1. The Hall–Kier alpha value is -1.64. The van der Waals surface area contributed by atoms with Crippen LogP contribution >= 0.6 is 22.6 Å². The van der Waals surface area contributed by atoms with Crippen molar-refractivity contribution in [3.05, 3.63) is 33.4 Å². The van der Waals surface area contributed by atoms with Gasteiger partial charge in [0.05, 0.1) is 12.7 Å². The number of benzene rings is 1. The van der Waals surface area contributed by atoms with E-state index >= 15 is 0 Å². The average Bonchev–Trinajstić information content (AvgIpc) is 2.49. The highest BCUT2D eigenvalue weighted by Crippen LogP contribution is 2.12. The Bertz CT molecular complexity index is 518. The van der Waals surface area contributed by atoms with Crippen LogP contribution in [0.2, 0.25) is 0 Å². The van der Waals surface area contributed by atoms with Crippen LogP contribution in [0.25, 0.3) is 0 Å². The number of carbonyl (C=O) groups is 3. The molecule has 0 heterocycles. The number of ether oxygens (including phenoxy) is 2. The maximum atomic E-state index is 11.8. The van der Waals surface area contributed by atoms with Crippen LogP contribution in [0.4, 0.5) is 0 Å². The molecule has 6 nitrogen and oxygen atoms in total. The lowest BCUT2D eigenvalue weighted by Crippen LogP contribution is -2.30. The fourth-order valence-electron chi connectivity index (χ4n) is 1.45. The zero-order chi connectivity index (χ0) is 15.7. The van der Waals surface area contributed by atoms with E-state index in [1.165, 1.54) is 7.11 Å². The Morgan fingerprint density at radius 1 is 1.24 bits per heavy atom. The number of hydrogen-bond donors (Lipinski definition) is 1. The third-order valence-corrected chi connectivity index (χ3v) is 3.48. The van der Waals surface area contributed by atoms with E-state index in [9.17, 15) is 14.4 Å². The van der Waals surface area contributed by atoms with E-state index in [-0.39, 0.29) is 19.0 Å². The number of carbonyl (C=O) groups excluding carboxylic acids is 3. The van der Waals surface area contributed by atoms with Gasteiger partial charge in [0.1, 0.15) is 0 Å². The van der Waals surface area contributed by atoms with Gasteiger partial charge in [0.15, 0.2) is 6.61 Å². The topological polar surface area (TPSA) is 81.7 Å². The van der Waals surface area contributed by atoms with Gasteiger partial charge in [0.25, 0.3) is 5.91 Å². The third kappa shape index (κ3) is 6.56. The standard InChI is InChI=1S/C14H16INO5/c1-20-13(18)7-4-8-16-12(17)9-21-14(19)10-5-2-3-6-11(10)15/h2-3,5-6H,4,7-9H2,1H3,(H,16,17). The second kappa shape index (κ2) is 9.32. The van der Waals surface area contributed by atoms with Crippen LogP contribution in [0, 0.1) is 3.57 Å². The molecule has 0 aliphatic carbocycles. The van der Waals surface area contributed by atoms with Crippen molar-refractivity contribution in [2.45, 2.75) is 12.8 Å². The molecule has 0 aliphatic heterocycles. The van der Waals surface area contributed by atoms with Gasteiger partial charge >= 0.3 is 11.9 Å². The fraction of sp³-hybridized carbons (Fsp3) is 0.357. The normalized spacial score (nSPS) is 9.81. The Balaban J connectivity index is 2.26. The number of esters is 2. The molecule has 0 saturated heterocycles. The largest absolute Gasteiger partial charge is 0.469 e. The van der Waals surface area contributed by atoms with E-state index < -0.39 is 11.9 Å². The predicted molar refractivity (Wildman–Crippen MR) is 83.7 cm³/mol. The summed E-state index contributed by atoms with van der Waals surface area (Å²) in [5.74, 6) is -1.27. The Kier molecular flexibility index (Phi) is 7.73. The molecule has 0 atom stereocenters. The SMILES string of the molecule is COC(=O)CCCNC(=O)COC(=O)c1ccccc1I. The van der Waals surface area contributed by atoms with Gasteiger partial charge in [-0.25, -0.2) is 4.79 Å². The first-order valence-corrected chi connectivity index (χ1v) is 7.37. The van der Waals surface area contributed by atoms with Crippen LogP contribution in [0.5, 0.6) is 0 Å². The minimum Gasteiger partial charge on any atom is -0.469 e. The van der Waals surface area contributed by atoms with Gasteiger partial charge in [-0.15, -0.1) is 0 Å². The number of methoxy groups -OCH3 is 1. The van der Waals surface area contributed by atoms with E-state index in [2.05, 4.69) is 10.1 Å². The molecule has 0 saturated carbocycles. The highest BCUT2D eigenvalue weighted by Gasteiger charge is 2.12. The predicted octanol–water partition coefficient (Wildman–Crippen LogP) is 1.52. The van der Waals surface area contributed by atoms with Crippen molar-refractivity contribution in [1.82, 2.24) is 5.32 Å². The van der Waals surface area contributed by atoms with Crippen LogP contribution in [-0.4, -0.2) is 38.1 Å². The molecule has 0 bridgehead atoms. The second-order valence-corrected chi connectivity index (χ2v) is 5.25. The Labute approximate surface area is 136 Å². The van der Waals surface area contributed by atoms with E-state index in [0.717, 1.165) is 3.57 Å². The van der Waals surface area contributed by atoms with Gasteiger partial charge in [-0.05, 0) is 41.1 Å². The van der Waals surface area contributed by atoms with Gasteiger partial charge in [0.2, 0.25) is 0 Å². The summed E-state index contributed by atoms with van der Waals surface area (Å²) in [4.78, 5) is 34.1. The first kappa shape index (κ1) is 17.4. The molecular weight excluding hydrogens is 389 g/mol. The smallest absolute Gasteiger partial charge is 0.339 e. The maximum absolute atomic E-state index is 11.8. The van der Waals surface area contributed by atoms with Crippen molar-refractivity contribution in [2.24, 2.45) is 0 Å². The van der Waals surface area contributed by atoms with Crippen molar-refractivity contribution >= 4 is 40.4 Å². The molecule has 0 fully saturated rings. The van der Waals surface area contributed by atoms with Crippen LogP contribution < -0.4 is 5.32 Å². The monoisotopic (exact) mass is 405 g/mol. The molecule has 1 N–H and O–H groups in total. The molecule has 1 aromatic carbocycles. The van der Waals surface area contributed by atoms with E-state index in [0.29, 0.717) is 18.5 Å². The number of rotatable bonds is 7. The average molecular weight is 405 g/mol. The van der Waals surface area contributed by atoms with Crippen LogP contribution in [-0.2, 0) is 19.1 Å². The summed E-state index contributed by atoms with van der Waals surface area (Å²) in [7, 11) is 1.31. The summed E-state index contributed by atoms with van der Waals surface area (Å²) in [6, 6.07) is 6.96. The van der Waals surface area contributed by atoms with Gasteiger partial charge in [-0.3, -0.25) is 9.59 Å². The molecule has 0 aromatic heterocycles. The summed E-state index contributed by atoms with van der Waals surface area (Å²) >= 11 is 2.02. The molecule has 0 spiro atoms. The first-order valence-electron chi connectivity index (χ1n) is 6.29. The van der Waals surface area contributed by atoms with Crippen molar-refractivity contribution in [1.29, 1.82) is 0 Å². The fourth-order valence-corrected chi connectivity index (χ4v) is 2.06. The minimum atomic E-state index is -0.537. The van der Waals surface area contributed by atoms with Gasteiger partial charge in [-0.2, -0.15) is 0 Å². The summed E-state index contributed by atoms with van der Waals surface area (Å²) in [6.07, 6.45) is 0.710. The molecule has 0 aliphatic rings. The quantitative estimate of drug-likeness (QED) is 0.423. The Morgan fingerprint density at radius 3 is 2.62 bits per heavy atom. The molecular formula is C14H16INO5. The summed E-state index contributed by atoms with van der Waals surface area (Å²) < 4.78 is 10.2. The zero-order valence-corrected chi connectivity index (χ0v) is 13.7. The van der Waals surface area contributed by atoms with Crippen molar-refractivity contribution < 1.29 is 23.9 Å². The van der Waals surface area contributed by atoms with Crippen molar-refractivity contribution in [2.75, 3.05) is 20.3 Å². The van der Waals surface area contributed by atoms with Crippen LogP contribution in [0.1, 0.15) is 23.2 Å². The first-order chi connectivity index (χ1) is 10.0. The van der Waals surface area contributed by atoms with Crippen molar-refractivity contribution in [3.63, 3.8) is 0 Å². The molecule has 0 radical (unpaired) electrons. The lowest BCUT2D eigenvalue weighted by Gasteiger charge is -2.07. The molecule has 21 heavy (non-hydrogen) atoms. The van der Waals surface area contributed by atoms with Gasteiger partial charge < -0.3 is 14.8 Å². The summed E-state index contributed by atoms with van der Waals surface area (Å²) in [6.45, 7) is -0.0175. The third-order valence-electron chi connectivity index (χ3n) is 2.54. The highest BCUT2D eigenvalue weighted by molar-refractivity contribution is 14.1. The lowest BCUT2D eigenvalue weighted by atomic mass is 10.2. The molecule has 1 aromatic rings. The molecule has 0 unspecified atom stereocenters. The molecule has 1 amide bonds. The maximum Gasteiger partial charge on any atom is 0.339 e. The Morgan fingerprint density at radius 2 is 1.95 bits per heavy atom.